The Kier molecular flexibility index (Phi) is 35.4. The molecule has 0 spiro atoms. The van der Waals surface area contributed by atoms with Gasteiger partial charge in [-0.05, 0) is 0 Å². The van der Waals surface area contributed by atoms with Crippen molar-refractivity contribution in [2.75, 3.05) is 0 Å². The monoisotopic (exact) mass is 359 g/mol. The zero-order valence-corrected chi connectivity index (χ0v) is 10.4. The van der Waals surface area contributed by atoms with Crippen molar-refractivity contribution in [3.63, 3.8) is 0 Å². The van der Waals surface area contributed by atoms with Crippen molar-refractivity contribution < 1.29 is 49.7 Å². The van der Waals surface area contributed by atoms with Gasteiger partial charge in [0.25, 0.3) is 0 Å². The van der Waals surface area contributed by atoms with Crippen LogP contribution in [0, 0.1) is 44.0 Å². The minimum absolute atomic E-state index is 0. The second-order valence-corrected chi connectivity index (χ2v) is 1.05. The van der Waals surface area contributed by atoms with Crippen LogP contribution < -0.4 is 0 Å². The second kappa shape index (κ2) is 15.6. The van der Waals surface area contributed by atoms with E-state index in [0.29, 0.717) is 0 Å². The number of hydrogen-bond donors (Lipinski definition) is 0. The summed E-state index contributed by atoms with van der Waals surface area (Å²) in [6.45, 7) is 4.11. The van der Waals surface area contributed by atoms with Crippen molar-refractivity contribution in [1.82, 2.24) is 0 Å². The molecule has 0 atom stereocenters. The van der Waals surface area contributed by atoms with E-state index in [0.717, 1.165) is 6.42 Å². The minimum atomic E-state index is 0. The number of rotatable bonds is 2. The predicted octanol–water partition coefficient (Wildman–Crippen LogP) is 1.82. The van der Waals surface area contributed by atoms with Crippen LogP contribution in [0.5, 0.6) is 0 Å². The molecular weight excluding hydrogens is 349 g/mol. The zero-order valence-electron chi connectivity index (χ0n) is 4.81. The molecule has 0 unspecified atom stereocenters. The average molecular weight is 359 g/mol. The Hall–Kier alpha value is 1.64. The molecule has 0 heterocycles. The van der Waals surface area contributed by atoms with Gasteiger partial charge in [0.15, 0.2) is 0 Å². The quantitative estimate of drug-likeness (QED) is 0.660. The van der Waals surface area contributed by atoms with Crippen LogP contribution in [0.3, 0.4) is 0 Å². The van der Waals surface area contributed by atoms with Gasteiger partial charge in [-0.25, -0.2) is 0 Å². The first-order valence-electron chi connectivity index (χ1n) is 1.97. The van der Waals surface area contributed by atoms with E-state index in [1.165, 1.54) is 0 Å². The van der Waals surface area contributed by atoms with Crippen LogP contribution in [0.15, 0.2) is 0 Å². The normalized spacial score (nSPS) is 6.00. The number of unbranched alkanes of at least 4 members (excludes halogenated alkanes) is 2. The van der Waals surface area contributed by atoms with E-state index in [1.54, 1.807) is 0 Å². The summed E-state index contributed by atoms with van der Waals surface area (Å²) < 4.78 is 0. The van der Waals surface area contributed by atoms with Gasteiger partial charge in [-0.3, -0.25) is 0 Å². The summed E-state index contributed by atoms with van der Waals surface area (Å²) in [6.07, 6.45) is 5.39. The summed E-state index contributed by atoms with van der Waals surface area (Å²) in [6, 6.07) is 0. The summed E-state index contributed by atoms with van der Waals surface area (Å²) in [4.78, 5) is 0. The molecule has 0 aliphatic carbocycles. The predicted molar refractivity (Wildman–Crippen MR) is 24.6 cm³/mol. The topological polar surface area (TPSA) is 0 Å². The average Bonchev–Trinajstić information content (AvgIpc) is 1.41. The van der Waals surface area contributed by atoms with Crippen molar-refractivity contribution >= 4 is 0 Å². The molecule has 0 rings (SSSR count). The first kappa shape index (κ1) is 15.9. The van der Waals surface area contributed by atoms with Gasteiger partial charge in [0.05, 0.1) is 0 Å². The molecule has 0 amide bonds. The van der Waals surface area contributed by atoms with Crippen molar-refractivity contribution in [3.05, 3.63) is 12.8 Å². The molecule has 7 heavy (non-hydrogen) atoms. The summed E-state index contributed by atoms with van der Waals surface area (Å²) in [5.74, 6) is 0. The fourth-order valence-corrected chi connectivity index (χ4v) is 0.236. The molecule has 0 aliphatic rings. The van der Waals surface area contributed by atoms with Crippen molar-refractivity contribution in [2.24, 2.45) is 0 Å². The fourth-order valence-electron chi connectivity index (χ4n) is 0.236. The SMILES string of the molecule is C[CH-]C[CH-]C.[U].[V]. The Bertz CT molecular complexity index is 15.6. The number of hydrogen-bond acceptors (Lipinski definition) is 0. The first-order chi connectivity index (χ1) is 2.41. The molecule has 0 fully saturated rings. The van der Waals surface area contributed by atoms with Crippen LogP contribution in [-0.4, -0.2) is 0 Å². The van der Waals surface area contributed by atoms with Crippen LogP contribution >= 0.6 is 0 Å². The molecule has 0 saturated carbocycles. The smallest absolute Gasteiger partial charge is 0 e. The van der Waals surface area contributed by atoms with Crippen molar-refractivity contribution in [3.8, 4) is 0 Å². The van der Waals surface area contributed by atoms with Gasteiger partial charge in [-0.2, -0.15) is 13.8 Å². The first-order valence-corrected chi connectivity index (χ1v) is 1.97. The molecule has 0 aliphatic heterocycles. The molecule has 0 N–H and O–H groups in total. The maximum atomic E-state index is 2.12. The third kappa shape index (κ3) is 18.3. The molecular formula is C5H10UV-2. The maximum Gasteiger partial charge on any atom is 0 e. The molecule has 0 aromatic heterocycles. The van der Waals surface area contributed by atoms with E-state index < -0.39 is 0 Å². The van der Waals surface area contributed by atoms with Crippen LogP contribution in [0.2, 0.25) is 0 Å². The summed E-state index contributed by atoms with van der Waals surface area (Å²) in [5.41, 5.74) is 0. The van der Waals surface area contributed by atoms with Gasteiger partial charge >= 0.3 is 0 Å². The van der Waals surface area contributed by atoms with E-state index in [4.69, 9.17) is 0 Å². The van der Waals surface area contributed by atoms with Gasteiger partial charge in [0.1, 0.15) is 0 Å². The van der Waals surface area contributed by atoms with Crippen LogP contribution in [-0.2, 0) is 18.6 Å². The molecule has 2 heteroatoms. The van der Waals surface area contributed by atoms with Crippen molar-refractivity contribution in [1.29, 1.82) is 0 Å². The van der Waals surface area contributed by atoms with Crippen molar-refractivity contribution in [2.45, 2.75) is 20.3 Å². The van der Waals surface area contributed by atoms with E-state index in [1.807, 2.05) is 0 Å². The van der Waals surface area contributed by atoms with Gasteiger partial charge in [0, 0.05) is 49.7 Å². The summed E-state index contributed by atoms with van der Waals surface area (Å²) >= 11 is 0. The third-order valence-electron chi connectivity index (χ3n) is 0.471. The van der Waals surface area contributed by atoms with Gasteiger partial charge in [-0.1, -0.05) is 0 Å². The Morgan fingerprint density at radius 2 is 1.43 bits per heavy atom. The Morgan fingerprint density at radius 1 is 1.14 bits per heavy atom. The molecule has 0 aromatic carbocycles. The Morgan fingerprint density at radius 3 is 1.43 bits per heavy atom. The Labute approximate surface area is 82.1 Å². The Balaban J connectivity index is -0.0000000800. The molecule has 41 valence electrons. The summed E-state index contributed by atoms with van der Waals surface area (Å²) in [5, 5.41) is 0. The standard InChI is InChI=1S/C5H10.U.V/c1-3-5-4-2;;/h3-4H,5H2,1-2H3;;/q-2;;. The van der Waals surface area contributed by atoms with Crippen LogP contribution in [0.25, 0.3) is 0 Å². The third-order valence-corrected chi connectivity index (χ3v) is 0.471. The fraction of sp³-hybridized carbons (Fsp3) is 0.600. The van der Waals surface area contributed by atoms with E-state index in [9.17, 15) is 0 Å². The van der Waals surface area contributed by atoms with Crippen LogP contribution in [0.4, 0.5) is 0 Å². The molecule has 0 aromatic rings. The molecule has 0 bridgehead atoms. The van der Waals surface area contributed by atoms with E-state index >= 15 is 0 Å². The van der Waals surface area contributed by atoms with Crippen LogP contribution in [0.1, 0.15) is 20.3 Å². The van der Waals surface area contributed by atoms with Gasteiger partial charge < -0.3 is 19.3 Å². The largest absolute Gasteiger partial charge is 0.360 e. The zero-order chi connectivity index (χ0) is 4.12. The minimum Gasteiger partial charge on any atom is -0.360 e. The second-order valence-electron chi connectivity index (χ2n) is 1.05. The molecule has 0 nitrogen and oxygen atoms in total. The molecule has 1 radical (unpaired) electrons. The van der Waals surface area contributed by atoms with E-state index in [-0.39, 0.29) is 49.7 Å². The van der Waals surface area contributed by atoms with E-state index in [2.05, 4.69) is 26.7 Å². The summed E-state index contributed by atoms with van der Waals surface area (Å²) in [7, 11) is 0. The maximum absolute atomic E-state index is 2.12. The molecule has 0 saturated heterocycles. The van der Waals surface area contributed by atoms with Gasteiger partial charge in [0.2, 0.25) is 0 Å². The van der Waals surface area contributed by atoms with Gasteiger partial charge in [-0.15, -0.1) is 0 Å².